The fourth-order valence-corrected chi connectivity index (χ4v) is 0.791. The summed E-state index contributed by atoms with van der Waals surface area (Å²) in [4.78, 5) is 0. The van der Waals surface area contributed by atoms with Gasteiger partial charge in [-0.3, -0.25) is 0 Å². The molecule has 72 valence electrons. The van der Waals surface area contributed by atoms with Crippen molar-refractivity contribution in [1.82, 2.24) is 0 Å². The van der Waals surface area contributed by atoms with Gasteiger partial charge >= 0.3 is 0 Å². The van der Waals surface area contributed by atoms with Crippen LogP contribution in [0.4, 0.5) is 0 Å². The van der Waals surface area contributed by atoms with E-state index in [9.17, 15) is 0 Å². The summed E-state index contributed by atoms with van der Waals surface area (Å²) < 4.78 is 0. The van der Waals surface area contributed by atoms with Crippen molar-refractivity contribution >= 4 is 0 Å². The molecule has 2 aromatic rings. The van der Waals surface area contributed by atoms with E-state index < -0.39 is 0 Å². The van der Waals surface area contributed by atoms with Crippen LogP contribution in [0.15, 0.2) is 54.6 Å². The van der Waals surface area contributed by atoms with Gasteiger partial charge in [-0.1, -0.05) is 5.56 Å². The minimum atomic E-state index is 0. The summed E-state index contributed by atoms with van der Waals surface area (Å²) in [6.45, 7) is 0. The van der Waals surface area contributed by atoms with Crippen LogP contribution in [0.25, 0.3) is 0 Å². The van der Waals surface area contributed by atoms with Gasteiger partial charge in [0.2, 0.25) is 0 Å². The zero-order chi connectivity index (χ0) is 8.65. The van der Waals surface area contributed by atoms with Crippen molar-refractivity contribution in [2.24, 2.45) is 0 Å². The minimum Gasteiger partial charge on any atom is -0.748 e. The average Bonchev–Trinajstić information content (AvgIpc) is 2.81. The smallest absolute Gasteiger partial charge is 0 e. The van der Waals surface area contributed by atoms with Crippen LogP contribution in [-0.2, 0) is 19.5 Å². The fraction of sp³-hybridized carbons (Fsp3) is 0. The molecule has 0 aliphatic rings. The summed E-state index contributed by atoms with van der Waals surface area (Å²) >= 11 is 0. The molecule has 2 aromatic carbocycles. The topological polar surface area (TPSA) is 0 Å². The zero-order valence-electron chi connectivity index (χ0n) is 7.13. The largest absolute Gasteiger partial charge is 0.748 e. The summed E-state index contributed by atoms with van der Waals surface area (Å²) in [5, 5.41) is 0. The van der Waals surface area contributed by atoms with Gasteiger partial charge in [-0.2, -0.15) is 18.1 Å². The Hall–Kier alpha value is -1.12. The number of hydrogen-bond donors (Lipinski definition) is 0. The van der Waals surface area contributed by atoms with Gasteiger partial charge in [-0.25, -0.2) is 6.42 Å². The molecule has 2 rings (SSSR count). The predicted molar refractivity (Wildman–Crippen MR) is 52.0 cm³/mol. The van der Waals surface area contributed by atoms with E-state index in [-0.39, 0.29) is 19.5 Å². The first-order chi connectivity index (χ1) is 5.93. The van der Waals surface area contributed by atoms with Crippen molar-refractivity contribution in [2.75, 3.05) is 0 Å². The second-order valence-electron chi connectivity index (χ2n) is 2.28. The molecule has 0 aliphatic carbocycles. The Kier molecular flexibility index (Phi) is 6.88. The third-order valence-corrected chi connectivity index (χ3v) is 1.38. The Morgan fingerprint density at radius 1 is 0.923 bits per heavy atom. The van der Waals surface area contributed by atoms with E-state index >= 15 is 0 Å². The van der Waals surface area contributed by atoms with E-state index in [0.717, 1.165) is 5.56 Å². The predicted octanol–water partition coefficient (Wildman–Crippen LogP) is 2.79. The van der Waals surface area contributed by atoms with Crippen molar-refractivity contribution < 1.29 is 19.5 Å². The van der Waals surface area contributed by atoms with Crippen LogP contribution in [0.2, 0.25) is 0 Å². The van der Waals surface area contributed by atoms with Crippen LogP contribution in [0.3, 0.4) is 0 Å². The molecule has 0 saturated carbocycles. The number of hydrogen-bond acceptors (Lipinski definition) is 0. The third-order valence-electron chi connectivity index (χ3n) is 1.38. The van der Waals surface area contributed by atoms with Crippen molar-refractivity contribution in [3.63, 3.8) is 0 Å². The molecule has 0 N–H and O–H groups in total. The zero-order valence-corrected chi connectivity index (χ0v) is 8.87. The molecule has 0 atom stereocenters. The van der Waals surface area contributed by atoms with Crippen LogP contribution < -0.4 is 0 Å². The van der Waals surface area contributed by atoms with Gasteiger partial charge < -0.3 is 30.3 Å². The van der Waals surface area contributed by atoms with Crippen molar-refractivity contribution in [1.29, 1.82) is 0 Å². The Balaban J connectivity index is 0.000000215. The average molecular weight is 255 g/mol. The molecule has 0 heterocycles. The van der Waals surface area contributed by atoms with Gasteiger partial charge in [0.15, 0.2) is 0 Å². The molecule has 13 heavy (non-hydrogen) atoms. The summed E-state index contributed by atoms with van der Waals surface area (Å²) in [6.07, 6.45) is 5.04. The van der Waals surface area contributed by atoms with Gasteiger partial charge in [0.05, 0.1) is 0 Å². The minimum absolute atomic E-state index is 0. The third kappa shape index (κ3) is 5.17. The van der Waals surface area contributed by atoms with Crippen molar-refractivity contribution in [3.8, 4) is 12.3 Å². The number of terminal acetylenes is 1. The van der Waals surface area contributed by atoms with Gasteiger partial charge in [0.1, 0.15) is 0 Å². The van der Waals surface area contributed by atoms with Gasteiger partial charge in [0, 0.05) is 19.5 Å². The Labute approximate surface area is 92.1 Å². The maximum atomic E-state index is 5.04. The van der Waals surface area contributed by atoms with Gasteiger partial charge in [0.25, 0.3) is 0 Å². The SMILES string of the molecule is C#C[c-]1cccc1.[Ru].[cH-]1[cH-][cH-][cH-][cH-]1. The Morgan fingerprint density at radius 3 is 1.54 bits per heavy atom. The fourth-order valence-electron chi connectivity index (χ4n) is 0.791. The van der Waals surface area contributed by atoms with Crippen LogP contribution in [0, 0.1) is 12.3 Å². The molecule has 1 heteroatoms. The second kappa shape index (κ2) is 7.53. The standard InChI is InChI=1S/C7H5.C5H5.Ru/c1-2-7-5-3-4-6-7;1-2-4-5-3-1;/h1,3-6H;1-5H;/q-1;-5;. The summed E-state index contributed by atoms with van der Waals surface area (Å²) in [5.74, 6) is 2.51. The molecule has 0 aromatic heterocycles. The first-order valence-corrected chi connectivity index (χ1v) is 3.78. The van der Waals surface area contributed by atoms with E-state index in [1.54, 1.807) is 0 Å². The van der Waals surface area contributed by atoms with E-state index in [1.807, 2.05) is 54.6 Å². The molecule has 0 bridgehead atoms. The van der Waals surface area contributed by atoms with Crippen LogP contribution in [0.5, 0.6) is 0 Å². The molecule has 0 nitrogen and oxygen atoms in total. The summed E-state index contributed by atoms with van der Waals surface area (Å²) in [5.41, 5.74) is 0.958. The maximum Gasteiger partial charge on any atom is 0 e. The molecule has 0 amide bonds. The van der Waals surface area contributed by atoms with E-state index in [2.05, 4.69) is 5.92 Å². The molecular weight excluding hydrogens is 245 g/mol. The summed E-state index contributed by atoms with van der Waals surface area (Å²) in [7, 11) is 0. The normalized spacial score (nSPS) is 7.31. The van der Waals surface area contributed by atoms with Crippen LogP contribution in [-0.4, -0.2) is 0 Å². The monoisotopic (exact) mass is 256 g/mol. The van der Waals surface area contributed by atoms with E-state index in [0.29, 0.717) is 0 Å². The van der Waals surface area contributed by atoms with Crippen LogP contribution >= 0.6 is 0 Å². The van der Waals surface area contributed by atoms with Gasteiger partial charge in [-0.15, -0.1) is 12.1 Å². The molecular formula is C12H10Ru-6. The molecule has 0 radical (unpaired) electrons. The van der Waals surface area contributed by atoms with E-state index in [4.69, 9.17) is 6.42 Å². The molecule has 0 unspecified atom stereocenters. The van der Waals surface area contributed by atoms with Crippen molar-refractivity contribution in [2.45, 2.75) is 0 Å². The van der Waals surface area contributed by atoms with E-state index in [1.165, 1.54) is 0 Å². The van der Waals surface area contributed by atoms with Crippen LogP contribution in [0.1, 0.15) is 5.56 Å². The molecule has 0 spiro atoms. The molecule has 0 aliphatic heterocycles. The van der Waals surface area contributed by atoms with Crippen molar-refractivity contribution in [3.05, 3.63) is 60.2 Å². The first kappa shape index (κ1) is 11.9. The second-order valence-corrected chi connectivity index (χ2v) is 2.28. The molecule has 0 saturated heterocycles. The maximum absolute atomic E-state index is 5.04. The molecule has 0 fully saturated rings. The van der Waals surface area contributed by atoms with Gasteiger partial charge in [-0.05, 0) is 0 Å². The quantitative estimate of drug-likeness (QED) is 0.386. The summed E-state index contributed by atoms with van der Waals surface area (Å²) in [6, 6.07) is 17.7. The Morgan fingerprint density at radius 2 is 1.31 bits per heavy atom. The number of rotatable bonds is 0. The first-order valence-electron chi connectivity index (χ1n) is 3.78. The Bertz CT molecular complexity index is 291.